The number of anilines is 1. The van der Waals surface area contributed by atoms with E-state index in [-0.39, 0.29) is 18.0 Å². The van der Waals surface area contributed by atoms with Crippen LogP contribution in [0.1, 0.15) is 22.8 Å². The number of nitrogens with zero attached hydrogens (tertiary/aromatic N) is 2. The second-order valence-electron chi connectivity index (χ2n) is 7.88. The number of hydrogen-bond acceptors (Lipinski definition) is 6. The van der Waals surface area contributed by atoms with Crippen LogP contribution in [0.2, 0.25) is 0 Å². The number of nitrogens with one attached hydrogen (secondary N) is 1. The van der Waals surface area contributed by atoms with Gasteiger partial charge in [0.25, 0.3) is 11.8 Å². The van der Waals surface area contributed by atoms with E-state index >= 15 is 0 Å². The van der Waals surface area contributed by atoms with Crippen molar-refractivity contribution < 1.29 is 28.0 Å². The first kappa shape index (κ1) is 24.9. The largest absolute Gasteiger partial charge is 0.408 e. The summed E-state index contributed by atoms with van der Waals surface area (Å²) in [6, 6.07) is 19.5. The van der Waals surface area contributed by atoms with Crippen molar-refractivity contribution in [2.45, 2.75) is 24.4 Å². The maximum atomic E-state index is 13.7. The Kier molecular flexibility index (Phi) is 7.36. The number of sulfonamides is 1. The van der Waals surface area contributed by atoms with Gasteiger partial charge in [-0.2, -0.15) is 4.31 Å². The van der Waals surface area contributed by atoms with Crippen molar-refractivity contribution >= 4 is 27.5 Å². The number of hydrogen-bond donors (Lipinski definition) is 2. The average Bonchev–Trinajstić information content (AvgIpc) is 3.09. The summed E-state index contributed by atoms with van der Waals surface area (Å²) in [4.78, 5) is 27.5. The second kappa shape index (κ2) is 10.6. The third-order valence-corrected chi connectivity index (χ3v) is 7.56. The molecule has 0 bridgehead atoms. The van der Waals surface area contributed by atoms with E-state index in [0.717, 1.165) is 4.31 Å². The standard InChI is InChI=1S/C26H23N3O6S/c1-2-16-35-21-12-14-22(15-13-21)36(33,34)29-17-20-10-6-7-11-23(20)28(18-24(29)25(30)27-32)26(31)19-8-4-3-5-9-19/h3-15,24,32H,17-18H2,1H3,(H,27,30). The van der Waals surface area contributed by atoms with Gasteiger partial charge in [-0.3, -0.25) is 14.8 Å². The van der Waals surface area contributed by atoms with Gasteiger partial charge in [0.05, 0.1) is 11.4 Å². The van der Waals surface area contributed by atoms with Gasteiger partial charge in [-0.05, 0) is 48.0 Å². The van der Waals surface area contributed by atoms with Crippen LogP contribution in [0.5, 0.6) is 5.75 Å². The first-order valence-corrected chi connectivity index (χ1v) is 12.4. The van der Waals surface area contributed by atoms with Gasteiger partial charge in [-0.15, -0.1) is 0 Å². The van der Waals surface area contributed by atoms with E-state index in [1.165, 1.54) is 29.2 Å². The van der Waals surface area contributed by atoms with Gasteiger partial charge in [-0.25, -0.2) is 13.9 Å². The molecule has 0 saturated carbocycles. The molecule has 0 saturated heterocycles. The van der Waals surface area contributed by atoms with Crippen molar-refractivity contribution in [2.24, 2.45) is 0 Å². The predicted molar refractivity (Wildman–Crippen MR) is 132 cm³/mol. The molecule has 36 heavy (non-hydrogen) atoms. The van der Waals surface area contributed by atoms with Gasteiger partial charge in [-0.1, -0.05) is 42.3 Å². The minimum absolute atomic E-state index is 0.0876. The van der Waals surface area contributed by atoms with Crippen LogP contribution in [0.25, 0.3) is 0 Å². The number of fused-ring (bicyclic) bond motifs is 1. The summed E-state index contributed by atoms with van der Waals surface area (Å²) in [6.45, 7) is 1.09. The molecule has 4 rings (SSSR count). The number of hydroxylamine groups is 1. The van der Waals surface area contributed by atoms with E-state index in [4.69, 9.17) is 4.74 Å². The molecule has 0 aromatic heterocycles. The van der Waals surface area contributed by atoms with Crippen molar-refractivity contribution in [3.8, 4) is 17.8 Å². The van der Waals surface area contributed by atoms with Crippen molar-refractivity contribution in [1.29, 1.82) is 0 Å². The summed E-state index contributed by atoms with van der Waals surface area (Å²) in [5.41, 5.74) is 2.93. The lowest BCUT2D eigenvalue weighted by atomic mass is 10.1. The molecule has 1 heterocycles. The molecule has 0 radical (unpaired) electrons. The maximum absolute atomic E-state index is 13.7. The van der Waals surface area contributed by atoms with E-state index in [2.05, 4.69) is 12.0 Å². The van der Waals surface area contributed by atoms with Crippen molar-refractivity contribution in [1.82, 2.24) is 9.79 Å². The molecule has 1 aliphatic rings. The molecule has 0 aliphatic carbocycles. The van der Waals surface area contributed by atoms with Gasteiger partial charge in [0.2, 0.25) is 10.0 Å². The van der Waals surface area contributed by atoms with E-state index in [1.54, 1.807) is 67.0 Å². The number of carbonyl (C=O) groups is 2. The zero-order valence-electron chi connectivity index (χ0n) is 19.3. The topological polar surface area (TPSA) is 116 Å². The molecule has 1 aliphatic heterocycles. The Hall–Kier alpha value is -4.17. The molecule has 184 valence electrons. The van der Waals surface area contributed by atoms with Crippen molar-refractivity contribution in [3.05, 3.63) is 90.0 Å². The van der Waals surface area contributed by atoms with Crippen LogP contribution in [0.4, 0.5) is 5.69 Å². The zero-order chi connectivity index (χ0) is 25.7. The number of ether oxygens (including phenoxy) is 1. The van der Waals surface area contributed by atoms with E-state index in [0.29, 0.717) is 22.6 Å². The van der Waals surface area contributed by atoms with Crippen LogP contribution in [0.15, 0.2) is 83.8 Å². The van der Waals surface area contributed by atoms with Gasteiger partial charge in [0.1, 0.15) is 17.9 Å². The Morgan fingerprint density at radius 1 is 1.00 bits per heavy atom. The van der Waals surface area contributed by atoms with E-state index in [9.17, 15) is 23.2 Å². The Balaban J connectivity index is 1.79. The Morgan fingerprint density at radius 3 is 2.33 bits per heavy atom. The Labute approximate surface area is 208 Å². The highest BCUT2D eigenvalue weighted by Crippen LogP contribution is 2.32. The van der Waals surface area contributed by atoms with E-state index in [1.807, 2.05) is 0 Å². The normalized spacial score (nSPS) is 15.6. The molecule has 2 N–H and O–H groups in total. The van der Waals surface area contributed by atoms with Crippen LogP contribution in [-0.2, 0) is 21.4 Å². The summed E-state index contributed by atoms with van der Waals surface area (Å²) in [5.74, 6) is 1.57. The number of carbonyl (C=O) groups excluding carboxylic acids is 2. The number of para-hydroxylation sites is 1. The van der Waals surface area contributed by atoms with Crippen LogP contribution in [-0.4, -0.2) is 42.3 Å². The lowest BCUT2D eigenvalue weighted by Crippen LogP contribution is -2.53. The maximum Gasteiger partial charge on any atom is 0.263 e. The first-order chi connectivity index (χ1) is 17.4. The lowest BCUT2D eigenvalue weighted by Gasteiger charge is -2.29. The zero-order valence-corrected chi connectivity index (χ0v) is 20.1. The number of amides is 2. The van der Waals surface area contributed by atoms with Crippen LogP contribution < -0.4 is 15.1 Å². The fraction of sp³-hybridized carbons (Fsp3) is 0.154. The monoisotopic (exact) mass is 505 g/mol. The van der Waals surface area contributed by atoms with Crippen molar-refractivity contribution in [3.63, 3.8) is 0 Å². The van der Waals surface area contributed by atoms with Gasteiger partial charge in [0, 0.05) is 24.7 Å². The second-order valence-corrected chi connectivity index (χ2v) is 9.77. The highest BCUT2D eigenvalue weighted by molar-refractivity contribution is 7.89. The smallest absolute Gasteiger partial charge is 0.263 e. The molecule has 10 heteroatoms. The summed E-state index contributed by atoms with van der Waals surface area (Å²) < 4.78 is 33.7. The van der Waals surface area contributed by atoms with Crippen LogP contribution >= 0.6 is 0 Å². The minimum atomic E-state index is -4.25. The predicted octanol–water partition coefficient (Wildman–Crippen LogP) is 2.77. The Bertz CT molecular complexity index is 1430. The van der Waals surface area contributed by atoms with Crippen molar-refractivity contribution in [2.75, 3.05) is 11.4 Å². The average molecular weight is 506 g/mol. The summed E-state index contributed by atoms with van der Waals surface area (Å²) in [7, 11) is -4.25. The van der Waals surface area contributed by atoms with Gasteiger partial charge >= 0.3 is 0 Å². The highest BCUT2D eigenvalue weighted by Gasteiger charge is 2.41. The molecular formula is C26H23N3O6S. The quantitative estimate of drug-likeness (QED) is 0.313. The highest BCUT2D eigenvalue weighted by atomic mass is 32.2. The Morgan fingerprint density at radius 2 is 1.67 bits per heavy atom. The molecule has 3 aromatic rings. The molecule has 9 nitrogen and oxygen atoms in total. The summed E-state index contributed by atoms with van der Waals surface area (Å²) in [5, 5.41) is 9.46. The molecule has 1 unspecified atom stereocenters. The number of rotatable bonds is 5. The fourth-order valence-electron chi connectivity index (χ4n) is 3.94. The summed E-state index contributed by atoms with van der Waals surface area (Å²) in [6.07, 6.45) is 2.44. The summed E-state index contributed by atoms with van der Waals surface area (Å²) >= 11 is 0. The number of benzene rings is 3. The van der Waals surface area contributed by atoms with Gasteiger partial charge < -0.3 is 9.64 Å². The third kappa shape index (κ3) is 4.94. The molecule has 1 atom stereocenters. The molecule has 2 amide bonds. The minimum Gasteiger partial charge on any atom is -0.408 e. The van der Waals surface area contributed by atoms with Crippen LogP contribution in [0, 0.1) is 12.0 Å². The molecule has 0 spiro atoms. The fourth-order valence-corrected chi connectivity index (χ4v) is 5.50. The van der Waals surface area contributed by atoms with Crippen LogP contribution in [0.3, 0.4) is 0 Å². The van der Waals surface area contributed by atoms with Gasteiger partial charge in [0.15, 0.2) is 0 Å². The third-order valence-electron chi connectivity index (χ3n) is 5.69. The molecule has 0 fully saturated rings. The molecular weight excluding hydrogens is 482 g/mol. The SMILES string of the molecule is CC#COc1ccc(S(=O)(=O)N2Cc3ccccc3N(C(=O)c3ccccc3)CC2C(=O)NO)cc1. The lowest BCUT2D eigenvalue weighted by molar-refractivity contribution is -0.133. The van der Waals surface area contributed by atoms with E-state index < -0.39 is 27.9 Å². The molecule has 3 aromatic carbocycles. The first-order valence-electron chi connectivity index (χ1n) is 11.0.